The van der Waals surface area contributed by atoms with Gasteiger partial charge in [-0.1, -0.05) is 47.5 Å². The van der Waals surface area contributed by atoms with Crippen LogP contribution in [0.4, 0.5) is 0 Å². The van der Waals surface area contributed by atoms with Gasteiger partial charge in [-0.3, -0.25) is 4.90 Å². The van der Waals surface area contributed by atoms with Crippen LogP contribution in [-0.4, -0.2) is 84.3 Å². The number of benzene rings is 1. The predicted molar refractivity (Wildman–Crippen MR) is 139 cm³/mol. The SMILES string of the molecule is CC1CC(c2ccc(Cl)cc2)=NC(N2CC[C@H](N3CCN(CC4C=CC(Cl)=CC4)CC3)C2)=N1. The van der Waals surface area contributed by atoms with Gasteiger partial charge in [-0.05, 0) is 49.5 Å². The molecule has 3 atom stereocenters. The van der Waals surface area contributed by atoms with Gasteiger partial charge in [-0.25, -0.2) is 9.98 Å². The van der Waals surface area contributed by atoms with E-state index in [-0.39, 0.29) is 6.04 Å². The van der Waals surface area contributed by atoms with E-state index in [0.717, 1.165) is 85.9 Å². The molecule has 0 radical (unpaired) electrons. The summed E-state index contributed by atoms with van der Waals surface area (Å²) < 4.78 is 0. The summed E-state index contributed by atoms with van der Waals surface area (Å²) in [5.41, 5.74) is 2.27. The van der Waals surface area contributed by atoms with Crippen LogP contribution in [0.5, 0.6) is 0 Å². The summed E-state index contributed by atoms with van der Waals surface area (Å²) in [5, 5.41) is 1.64. The predicted octanol–water partition coefficient (Wildman–Crippen LogP) is 4.67. The second-order valence-electron chi connectivity index (χ2n) is 9.72. The lowest BCUT2D eigenvalue weighted by Gasteiger charge is -2.39. The van der Waals surface area contributed by atoms with E-state index >= 15 is 0 Å². The first-order valence-corrected chi connectivity index (χ1v) is 13.0. The monoisotopic (exact) mass is 485 g/mol. The first kappa shape index (κ1) is 23.1. The molecule has 2 unspecified atom stereocenters. The molecular weight excluding hydrogens is 453 g/mol. The van der Waals surface area contributed by atoms with Crippen molar-refractivity contribution in [3.05, 3.63) is 58.1 Å². The molecule has 176 valence electrons. The zero-order valence-electron chi connectivity index (χ0n) is 19.3. The second kappa shape index (κ2) is 10.3. The standard InChI is InChI=1S/C26H33Cl2N5/c1-19-16-25(21-4-8-23(28)9-5-21)30-26(29-19)33-11-10-24(18-33)32-14-12-31(13-15-32)17-20-2-6-22(27)7-3-20/h2,4-9,19-20,24H,3,10-18H2,1H3/t19?,20?,24-/m0/s1. The number of guanidine groups is 1. The third kappa shape index (κ3) is 5.71. The van der Waals surface area contributed by atoms with Gasteiger partial charge in [0.2, 0.25) is 5.96 Å². The minimum atomic E-state index is 0.254. The lowest BCUT2D eigenvalue weighted by atomic mass is 10.00. The molecule has 5 rings (SSSR count). The summed E-state index contributed by atoms with van der Waals surface area (Å²) in [7, 11) is 0. The highest BCUT2D eigenvalue weighted by Gasteiger charge is 2.33. The molecule has 3 heterocycles. The first-order valence-electron chi connectivity index (χ1n) is 12.2. The van der Waals surface area contributed by atoms with Crippen molar-refractivity contribution >= 4 is 34.9 Å². The van der Waals surface area contributed by atoms with Crippen LogP contribution in [0.3, 0.4) is 0 Å². The van der Waals surface area contributed by atoms with Crippen LogP contribution in [0, 0.1) is 5.92 Å². The maximum Gasteiger partial charge on any atom is 0.221 e. The molecule has 7 heteroatoms. The number of nitrogens with zero attached hydrogens (tertiary/aromatic N) is 5. The quantitative estimate of drug-likeness (QED) is 0.621. The van der Waals surface area contributed by atoms with E-state index in [9.17, 15) is 0 Å². The van der Waals surface area contributed by atoms with Crippen LogP contribution in [-0.2, 0) is 0 Å². The molecule has 5 nitrogen and oxygen atoms in total. The van der Waals surface area contributed by atoms with Crippen molar-refractivity contribution in [2.45, 2.75) is 38.3 Å². The molecule has 0 N–H and O–H groups in total. The summed E-state index contributed by atoms with van der Waals surface area (Å²) in [5.74, 6) is 1.51. The van der Waals surface area contributed by atoms with Crippen LogP contribution in [0.25, 0.3) is 0 Å². The second-order valence-corrected chi connectivity index (χ2v) is 10.6. The van der Waals surface area contributed by atoms with Crippen molar-refractivity contribution in [1.29, 1.82) is 0 Å². The molecule has 0 saturated carbocycles. The average Bonchev–Trinajstić information content (AvgIpc) is 3.32. The fourth-order valence-corrected chi connectivity index (χ4v) is 5.62. The third-order valence-electron chi connectivity index (χ3n) is 7.24. The Balaban J connectivity index is 1.15. The minimum Gasteiger partial charge on any atom is -0.339 e. The van der Waals surface area contributed by atoms with Gasteiger partial charge in [-0.15, -0.1) is 0 Å². The molecule has 1 aromatic carbocycles. The largest absolute Gasteiger partial charge is 0.339 e. The van der Waals surface area contributed by atoms with E-state index < -0.39 is 0 Å². The highest BCUT2D eigenvalue weighted by molar-refractivity contribution is 6.31. The van der Waals surface area contributed by atoms with Crippen molar-refractivity contribution in [2.75, 3.05) is 45.8 Å². The van der Waals surface area contributed by atoms with Gasteiger partial charge in [0.1, 0.15) is 0 Å². The summed E-state index contributed by atoms with van der Waals surface area (Å²) >= 11 is 12.1. The topological polar surface area (TPSA) is 34.4 Å². The van der Waals surface area contributed by atoms with Crippen LogP contribution in [0.15, 0.2) is 57.5 Å². The third-order valence-corrected chi connectivity index (χ3v) is 7.77. The van der Waals surface area contributed by atoms with Crippen molar-refractivity contribution in [1.82, 2.24) is 14.7 Å². The van der Waals surface area contributed by atoms with E-state index in [4.69, 9.17) is 33.2 Å². The molecule has 4 aliphatic rings. The number of aliphatic imine (C=N–C) groups is 2. The van der Waals surface area contributed by atoms with Crippen LogP contribution in [0.2, 0.25) is 5.02 Å². The lowest BCUT2D eigenvalue weighted by Crippen LogP contribution is -2.52. The fraction of sp³-hybridized carbons (Fsp3) is 0.538. The Bertz CT molecular complexity index is 959. The first-order chi connectivity index (χ1) is 16.0. The molecule has 3 aliphatic heterocycles. The molecule has 2 saturated heterocycles. The summed E-state index contributed by atoms with van der Waals surface area (Å²) in [6.45, 7) is 9.97. The maximum absolute atomic E-state index is 6.07. The number of piperazine rings is 1. The Morgan fingerprint density at radius 3 is 2.55 bits per heavy atom. The lowest BCUT2D eigenvalue weighted by molar-refractivity contribution is 0.0938. The molecule has 0 aromatic heterocycles. The van der Waals surface area contributed by atoms with E-state index in [1.54, 1.807) is 0 Å². The number of hydrogen-bond donors (Lipinski definition) is 0. The van der Waals surface area contributed by atoms with E-state index in [2.05, 4.69) is 52.0 Å². The minimum absolute atomic E-state index is 0.254. The van der Waals surface area contributed by atoms with E-state index in [0.29, 0.717) is 12.0 Å². The van der Waals surface area contributed by atoms with Crippen molar-refractivity contribution in [2.24, 2.45) is 15.9 Å². The van der Waals surface area contributed by atoms with E-state index in [1.807, 2.05) is 12.1 Å². The zero-order valence-corrected chi connectivity index (χ0v) is 20.8. The van der Waals surface area contributed by atoms with Crippen LogP contribution >= 0.6 is 23.2 Å². The van der Waals surface area contributed by atoms with Gasteiger partial charge in [0, 0.05) is 68.3 Å². The smallest absolute Gasteiger partial charge is 0.221 e. The average molecular weight is 486 g/mol. The molecule has 0 spiro atoms. The molecule has 0 bridgehead atoms. The zero-order chi connectivity index (χ0) is 22.8. The van der Waals surface area contributed by atoms with Gasteiger partial charge < -0.3 is 9.80 Å². The molecular formula is C26H33Cl2N5. The Morgan fingerprint density at radius 1 is 1.03 bits per heavy atom. The molecule has 33 heavy (non-hydrogen) atoms. The number of halogens is 2. The highest BCUT2D eigenvalue weighted by atomic mass is 35.5. The van der Waals surface area contributed by atoms with Crippen LogP contribution in [0.1, 0.15) is 31.7 Å². The Hall–Kier alpha value is -1.66. The van der Waals surface area contributed by atoms with Gasteiger partial charge in [-0.2, -0.15) is 0 Å². The fourth-order valence-electron chi connectivity index (χ4n) is 5.33. The number of likely N-dealkylation sites (tertiary alicyclic amines) is 1. The highest BCUT2D eigenvalue weighted by Crippen LogP contribution is 2.24. The molecule has 0 amide bonds. The van der Waals surface area contributed by atoms with Crippen LogP contribution < -0.4 is 0 Å². The number of hydrogen-bond acceptors (Lipinski definition) is 5. The summed E-state index contributed by atoms with van der Waals surface area (Å²) in [4.78, 5) is 17.6. The Morgan fingerprint density at radius 2 is 1.82 bits per heavy atom. The Kier molecular flexibility index (Phi) is 7.21. The number of rotatable bonds is 4. The number of allylic oxidation sites excluding steroid dienone is 3. The van der Waals surface area contributed by atoms with Crippen molar-refractivity contribution < 1.29 is 0 Å². The molecule has 1 aromatic rings. The van der Waals surface area contributed by atoms with Gasteiger partial charge >= 0.3 is 0 Å². The van der Waals surface area contributed by atoms with Crippen molar-refractivity contribution in [3.63, 3.8) is 0 Å². The summed E-state index contributed by atoms with van der Waals surface area (Å²) in [6.07, 6.45) is 9.59. The van der Waals surface area contributed by atoms with Gasteiger partial charge in [0.15, 0.2) is 0 Å². The van der Waals surface area contributed by atoms with E-state index in [1.165, 1.54) is 6.42 Å². The normalized spacial score (nSPS) is 29.1. The van der Waals surface area contributed by atoms with Crippen molar-refractivity contribution in [3.8, 4) is 0 Å². The molecule has 1 aliphatic carbocycles. The summed E-state index contributed by atoms with van der Waals surface area (Å²) in [6, 6.07) is 8.87. The van der Waals surface area contributed by atoms with Gasteiger partial charge in [0.05, 0.1) is 11.8 Å². The van der Waals surface area contributed by atoms with Gasteiger partial charge in [0.25, 0.3) is 0 Å². The Labute approximate surface area is 207 Å². The maximum atomic E-state index is 6.07. The molecule has 2 fully saturated rings.